The molecule has 31 heavy (non-hydrogen) atoms. The predicted molar refractivity (Wildman–Crippen MR) is 130 cm³/mol. The smallest absolute Gasteiger partial charge is 0.312 e. The Labute approximate surface area is 185 Å². The molecule has 3 aromatic rings. The Hall–Kier alpha value is -1.84. The molecule has 0 aliphatic rings. The lowest BCUT2D eigenvalue weighted by molar-refractivity contribution is 0.207. The SMILES string of the molecule is CCC(C)NCCOP(=O)(O)O[P+](c1ccccc1)(c1ccccc1)c1ccccc1. The molecule has 0 aromatic heterocycles. The van der Waals surface area contributed by atoms with Gasteiger partial charge in [-0.25, -0.2) is 4.57 Å². The molecule has 2 unspecified atom stereocenters. The van der Waals surface area contributed by atoms with E-state index in [-0.39, 0.29) is 6.61 Å². The number of hydrogen-bond acceptors (Lipinski definition) is 4. The summed E-state index contributed by atoms with van der Waals surface area (Å²) in [7, 11) is -7.28. The molecule has 0 saturated heterocycles. The Balaban J connectivity index is 2.01. The zero-order valence-corrected chi connectivity index (χ0v) is 19.7. The minimum absolute atomic E-state index is 0.0798. The molecule has 2 atom stereocenters. The molecule has 5 nitrogen and oxygen atoms in total. The van der Waals surface area contributed by atoms with Crippen LogP contribution in [0.2, 0.25) is 0 Å². The minimum atomic E-state index is -4.37. The predicted octanol–water partition coefficient (Wildman–Crippen LogP) is 4.42. The van der Waals surface area contributed by atoms with Gasteiger partial charge in [-0.15, -0.1) is 4.31 Å². The Morgan fingerprint density at radius 1 is 0.871 bits per heavy atom. The van der Waals surface area contributed by atoms with Crippen molar-refractivity contribution < 1.29 is 18.3 Å². The van der Waals surface area contributed by atoms with Gasteiger partial charge in [0.15, 0.2) is 0 Å². The van der Waals surface area contributed by atoms with E-state index in [1.165, 1.54) is 0 Å². The second-order valence-corrected chi connectivity index (χ2v) is 11.9. The maximum Gasteiger partial charge on any atom is 0.506 e. The maximum absolute atomic E-state index is 13.2. The highest BCUT2D eigenvalue weighted by Crippen LogP contribution is 2.67. The molecule has 0 bridgehead atoms. The number of hydrogen-bond donors (Lipinski definition) is 2. The summed E-state index contributed by atoms with van der Waals surface area (Å²) in [6.45, 7) is 4.69. The third kappa shape index (κ3) is 6.11. The van der Waals surface area contributed by atoms with E-state index in [9.17, 15) is 9.46 Å². The molecule has 3 rings (SSSR count). The number of rotatable bonds is 11. The van der Waals surface area contributed by atoms with Gasteiger partial charge in [-0.2, -0.15) is 0 Å². The molecule has 0 radical (unpaired) electrons. The number of phosphoric acid groups is 1. The molecule has 0 aliphatic heterocycles. The lowest BCUT2D eigenvalue weighted by Crippen LogP contribution is -2.33. The van der Waals surface area contributed by atoms with Gasteiger partial charge in [0, 0.05) is 12.6 Å². The Bertz CT molecular complexity index is 874. The fourth-order valence-electron chi connectivity index (χ4n) is 3.29. The van der Waals surface area contributed by atoms with Crippen molar-refractivity contribution in [3.63, 3.8) is 0 Å². The second kappa shape index (κ2) is 11.2. The van der Waals surface area contributed by atoms with Crippen molar-refractivity contribution >= 4 is 31.2 Å². The molecule has 164 valence electrons. The van der Waals surface area contributed by atoms with Crippen molar-refractivity contribution in [2.75, 3.05) is 13.2 Å². The number of phosphoric ester groups is 1. The first-order valence-electron chi connectivity index (χ1n) is 10.5. The van der Waals surface area contributed by atoms with Gasteiger partial charge in [0.1, 0.15) is 15.9 Å². The van der Waals surface area contributed by atoms with Gasteiger partial charge in [-0.3, -0.25) is 4.52 Å². The van der Waals surface area contributed by atoms with E-state index in [0.29, 0.717) is 12.6 Å². The molecule has 0 fully saturated rings. The second-order valence-electron chi connectivity index (χ2n) is 7.26. The van der Waals surface area contributed by atoms with Crippen LogP contribution in [0.1, 0.15) is 20.3 Å². The van der Waals surface area contributed by atoms with Crippen molar-refractivity contribution in [2.45, 2.75) is 26.3 Å². The summed E-state index contributed by atoms with van der Waals surface area (Å²) in [5.74, 6) is 0. The van der Waals surface area contributed by atoms with Crippen LogP contribution in [-0.4, -0.2) is 24.1 Å². The van der Waals surface area contributed by atoms with Crippen molar-refractivity contribution in [3.05, 3.63) is 91.0 Å². The monoisotopic (exact) mass is 458 g/mol. The number of nitrogens with one attached hydrogen (secondary N) is 1. The topological polar surface area (TPSA) is 67.8 Å². The summed E-state index contributed by atoms with van der Waals surface area (Å²) in [6.07, 6.45) is 0.970. The summed E-state index contributed by atoms with van der Waals surface area (Å²) in [4.78, 5) is 10.8. The van der Waals surface area contributed by atoms with Gasteiger partial charge >= 0.3 is 7.82 Å². The van der Waals surface area contributed by atoms with Crippen molar-refractivity contribution in [1.29, 1.82) is 0 Å². The standard InChI is InChI=1S/C24H29NO4P2/c1-3-21(2)25-19-20-28-31(26,27)29-30(22-13-7-4-8-14-22,23-15-9-5-10-16-23)24-17-11-6-12-18-24/h4-18,21,25H,3,19-20H2,1-2H3/p+1. The zero-order chi connectivity index (χ0) is 22.2. The fraction of sp³-hybridized carbons (Fsp3) is 0.250. The van der Waals surface area contributed by atoms with Crippen LogP contribution in [0, 0.1) is 0 Å². The largest absolute Gasteiger partial charge is 0.506 e. The Morgan fingerprint density at radius 2 is 1.29 bits per heavy atom. The van der Waals surface area contributed by atoms with E-state index >= 15 is 0 Å². The average Bonchev–Trinajstić information content (AvgIpc) is 2.82. The molecular formula is C24H30NO4P2+. The fourth-order valence-corrected chi connectivity index (χ4v) is 8.84. The van der Waals surface area contributed by atoms with Gasteiger partial charge in [0.25, 0.3) is 7.49 Å². The van der Waals surface area contributed by atoms with Gasteiger partial charge in [-0.05, 0) is 49.7 Å². The van der Waals surface area contributed by atoms with E-state index in [1.807, 2.05) is 91.0 Å². The molecule has 2 N–H and O–H groups in total. The first-order valence-corrected chi connectivity index (χ1v) is 13.7. The summed E-state index contributed by atoms with van der Waals surface area (Å²) >= 11 is 0. The third-order valence-corrected chi connectivity index (χ3v) is 10.4. The lowest BCUT2D eigenvalue weighted by Gasteiger charge is -2.26. The Kier molecular flexibility index (Phi) is 8.57. The van der Waals surface area contributed by atoms with E-state index in [1.54, 1.807) is 0 Å². The highest BCUT2D eigenvalue weighted by atomic mass is 31.3. The Morgan fingerprint density at radius 3 is 1.68 bits per heavy atom. The van der Waals surface area contributed by atoms with Crippen LogP contribution in [0.5, 0.6) is 0 Å². The van der Waals surface area contributed by atoms with Gasteiger partial charge in [-0.1, -0.05) is 61.5 Å². The molecule has 7 heteroatoms. The zero-order valence-electron chi connectivity index (χ0n) is 17.9. The minimum Gasteiger partial charge on any atom is -0.312 e. The normalized spacial score (nSPS) is 14.7. The van der Waals surface area contributed by atoms with Crippen LogP contribution < -0.4 is 21.2 Å². The van der Waals surface area contributed by atoms with E-state index < -0.39 is 15.3 Å². The summed E-state index contributed by atoms with van der Waals surface area (Å²) in [6, 6.07) is 29.2. The number of benzene rings is 3. The molecule has 0 saturated carbocycles. The summed E-state index contributed by atoms with van der Waals surface area (Å²) < 4.78 is 24.8. The van der Waals surface area contributed by atoms with Crippen LogP contribution in [0.4, 0.5) is 0 Å². The maximum atomic E-state index is 13.2. The van der Waals surface area contributed by atoms with Crippen LogP contribution in [-0.2, 0) is 13.4 Å². The van der Waals surface area contributed by atoms with Crippen LogP contribution >= 0.6 is 15.3 Å². The average molecular weight is 458 g/mol. The quantitative estimate of drug-likeness (QED) is 0.329. The third-order valence-electron chi connectivity index (χ3n) is 5.05. The van der Waals surface area contributed by atoms with Crippen LogP contribution in [0.3, 0.4) is 0 Å². The van der Waals surface area contributed by atoms with Gasteiger partial charge in [0.05, 0.1) is 6.61 Å². The van der Waals surface area contributed by atoms with Gasteiger partial charge in [0.2, 0.25) is 0 Å². The van der Waals surface area contributed by atoms with Crippen molar-refractivity contribution in [3.8, 4) is 0 Å². The molecule has 0 heterocycles. The summed E-state index contributed by atoms with van der Waals surface area (Å²) in [5.41, 5.74) is 0. The van der Waals surface area contributed by atoms with E-state index in [4.69, 9.17) is 8.83 Å². The van der Waals surface area contributed by atoms with Crippen LogP contribution in [0.25, 0.3) is 0 Å². The molecule has 0 aliphatic carbocycles. The molecule has 3 aromatic carbocycles. The first kappa shape index (κ1) is 23.8. The van der Waals surface area contributed by atoms with Crippen molar-refractivity contribution in [1.82, 2.24) is 5.32 Å². The molecule has 0 spiro atoms. The first-order chi connectivity index (χ1) is 15.0. The highest BCUT2D eigenvalue weighted by Gasteiger charge is 2.54. The van der Waals surface area contributed by atoms with E-state index in [0.717, 1.165) is 22.3 Å². The van der Waals surface area contributed by atoms with Gasteiger partial charge < -0.3 is 10.2 Å². The lowest BCUT2D eigenvalue weighted by atomic mass is 10.3. The summed E-state index contributed by atoms with van der Waals surface area (Å²) in [5, 5.41) is 5.81. The highest BCUT2D eigenvalue weighted by molar-refractivity contribution is 7.94. The van der Waals surface area contributed by atoms with Crippen molar-refractivity contribution in [2.24, 2.45) is 0 Å². The molecule has 0 amide bonds. The van der Waals surface area contributed by atoms with Crippen LogP contribution in [0.15, 0.2) is 91.0 Å². The molecular weight excluding hydrogens is 428 g/mol. The van der Waals surface area contributed by atoms with E-state index in [2.05, 4.69) is 19.2 Å².